The maximum Gasteiger partial charge on any atom is 0.255 e. The minimum absolute atomic E-state index is 0.0244. The molecule has 1 amide bonds. The van der Waals surface area contributed by atoms with Crippen LogP contribution in [0.4, 0.5) is 0 Å². The molecule has 1 unspecified atom stereocenters. The average Bonchev–Trinajstić information content (AvgIpc) is 2.31. The number of hydrogen-bond acceptors (Lipinski definition) is 4. The standard InChI is InChI=1S/C12H14INO4S/c13-8-3-4-11(15)10(6-8)12(16)14-9-2-1-5-19(17,18)7-9/h3-4,6,9,15H,1-2,5,7H2,(H,14,16). The molecule has 1 aliphatic heterocycles. The quantitative estimate of drug-likeness (QED) is 0.740. The number of rotatable bonds is 2. The van der Waals surface area contributed by atoms with E-state index in [-0.39, 0.29) is 28.9 Å². The number of benzene rings is 1. The largest absolute Gasteiger partial charge is 0.507 e. The van der Waals surface area contributed by atoms with Gasteiger partial charge in [0.2, 0.25) is 0 Å². The summed E-state index contributed by atoms with van der Waals surface area (Å²) in [6.45, 7) is 0. The van der Waals surface area contributed by atoms with Gasteiger partial charge in [-0.3, -0.25) is 4.79 Å². The lowest BCUT2D eigenvalue weighted by Crippen LogP contribution is -2.43. The van der Waals surface area contributed by atoms with Crippen molar-refractivity contribution in [3.8, 4) is 5.75 Å². The predicted octanol–water partition coefficient (Wildman–Crippen LogP) is 1.30. The molecule has 0 radical (unpaired) electrons. The van der Waals surface area contributed by atoms with Gasteiger partial charge < -0.3 is 10.4 Å². The summed E-state index contributed by atoms with van der Waals surface area (Å²) in [5.74, 6) is -0.369. The average molecular weight is 395 g/mol. The smallest absolute Gasteiger partial charge is 0.255 e. The van der Waals surface area contributed by atoms with E-state index in [1.54, 1.807) is 12.1 Å². The summed E-state index contributed by atoms with van der Waals surface area (Å²) < 4.78 is 23.8. The molecule has 0 saturated carbocycles. The van der Waals surface area contributed by atoms with Crippen LogP contribution >= 0.6 is 22.6 Å². The first-order chi connectivity index (χ1) is 8.87. The first-order valence-corrected chi connectivity index (χ1v) is 8.77. The van der Waals surface area contributed by atoms with Crippen molar-refractivity contribution >= 4 is 38.3 Å². The second-order valence-electron chi connectivity index (χ2n) is 4.59. The minimum atomic E-state index is -3.06. The highest BCUT2D eigenvalue weighted by molar-refractivity contribution is 14.1. The molecule has 104 valence electrons. The fourth-order valence-corrected chi connectivity index (χ4v) is 4.22. The molecule has 0 aromatic heterocycles. The van der Waals surface area contributed by atoms with Gasteiger partial charge >= 0.3 is 0 Å². The molecule has 2 rings (SSSR count). The van der Waals surface area contributed by atoms with Crippen LogP contribution in [0.15, 0.2) is 18.2 Å². The molecule has 0 spiro atoms. The van der Waals surface area contributed by atoms with E-state index in [1.807, 2.05) is 22.6 Å². The molecule has 1 saturated heterocycles. The van der Waals surface area contributed by atoms with Crippen LogP contribution in [0.25, 0.3) is 0 Å². The van der Waals surface area contributed by atoms with Gasteiger partial charge in [-0.25, -0.2) is 8.42 Å². The van der Waals surface area contributed by atoms with E-state index in [2.05, 4.69) is 5.32 Å². The third-order valence-electron chi connectivity index (χ3n) is 3.00. The van der Waals surface area contributed by atoms with Crippen molar-refractivity contribution in [2.45, 2.75) is 18.9 Å². The third kappa shape index (κ3) is 3.82. The Kier molecular flexibility index (Phi) is 4.34. The van der Waals surface area contributed by atoms with Gasteiger partial charge in [-0.15, -0.1) is 0 Å². The predicted molar refractivity (Wildman–Crippen MR) is 80.0 cm³/mol. The molecule has 0 aliphatic carbocycles. The van der Waals surface area contributed by atoms with Gasteiger partial charge in [-0.1, -0.05) is 0 Å². The molecule has 2 N–H and O–H groups in total. The number of nitrogens with one attached hydrogen (secondary N) is 1. The second-order valence-corrected chi connectivity index (χ2v) is 8.06. The van der Waals surface area contributed by atoms with E-state index in [4.69, 9.17) is 0 Å². The first-order valence-electron chi connectivity index (χ1n) is 5.87. The Hall–Kier alpha value is -0.830. The number of aromatic hydroxyl groups is 1. The fraction of sp³-hybridized carbons (Fsp3) is 0.417. The number of phenols is 1. The molecular formula is C12H14INO4S. The third-order valence-corrected chi connectivity index (χ3v) is 5.49. The molecule has 1 aromatic carbocycles. The van der Waals surface area contributed by atoms with Gasteiger partial charge in [0, 0.05) is 9.61 Å². The summed E-state index contributed by atoms with van der Waals surface area (Å²) in [5, 5.41) is 12.3. The lowest BCUT2D eigenvalue weighted by molar-refractivity contribution is 0.0935. The summed E-state index contributed by atoms with van der Waals surface area (Å²) >= 11 is 2.04. The van der Waals surface area contributed by atoms with Crippen molar-refractivity contribution in [3.63, 3.8) is 0 Å². The minimum Gasteiger partial charge on any atom is -0.507 e. The van der Waals surface area contributed by atoms with E-state index in [1.165, 1.54) is 6.07 Å². The maximum atomic E-state index is 12.0. The monoisotopic (exact) mass is 395 g/mol. The number of hydrogen-bond donors (Lipinski definition) is 2. The SMILES string of the molecule is O=C(NC1CCCS(=O)(=O)C1)c1cc(I)ccc1O. The van der Waals surface area contributed by atoms with Crippen LogP contribution in [0, 0.1) is 3.57 Å². The summed E-state index contributed by atoms with van der Waals surface area (Å²) in [6.07, 6.45) is 1.21. The van der Waals surface area contributed by atoms with E-state index < -0.39 is 15.7 Å². The Balaban J connectivity index is 2.11. The Morgan fingerprint density at radius 2 is 2.16 bits per heavy atom. The Morgan fingerprint density at radius 1 is 1.42 bits per heavy atom. The Morgan fingerprint density at radius 3 is 2.84 bits per heavy atom. The number of amides is 1. The Labute approximate surface area is 125 Å². The van der Waals surface area contributed by atoms with Crippen molar-refractivity contribution in [3.05, 3.63) is 27.3 Å². The van der Waals surface area contributed by atoms with Crippen LogP contribution in [-0.2, 0) is 9.84 Å². The van der Waals surface area contributed by atoms with Crippen LogP contribution in [-0.4, -0.2) is 37.0 Å². The zero-order chi connectivity index (χ0) is 14.0. The molecule has 1 heterocycles. The molecule has 0 bridgehead atoms. The van der Waals surface area contributed by atoms with Gasteiger partial charge in [0.05, 0.1) is 17.1 Å². The number of carbonyl (C=O) groups is 1. The first kappa shape index (κ1) is 14.6. The van der Waals surface area contributed by atoms with E-state index in [0.717, 1.165) is 3.57 Å². The van der Waals surface area contributed by atoms with Crippen LogP contribution < -0.4 is 5.32 Å². The van der Waals surface area contributed by atoms with Gasteiger partial charge in [-0.2, -0.15) is 0 Å². The number of halogens is 1. The summed E-state index contributed by atoms with van der Waals surface area (Å²) in [7, 11) is -3.06. The molecular weight excluding hydrogens is 381 g/mol. The van der Waals surface area contributed by atoms with Gasteiger partial charge in [0.15, 0.2) is 9.84 Å². The van der Waals surface area contributed by atoms with E-state index in [0.29, 0.717) is 12.8 Å². The lowest BCUT2D eigenvalue weighted by atomic mass is 10.1. The number of carbonyl (C=O) groups excluding carboxylic acids is 1. The highest BCUT2D eigenvalue weighted by Gasteiger charge is 2.26. The summed E-state index contributed by atoms with van der Waals surface area (Å²) in [5.41, 5.74) is 0.176. The molecule has 1 atom stereocenters. The molecule has 19 heavy (non-hydrogen) atoms. The van der Waals surface area contributed by atoms with Crippen LogP contribution in [0.3, 0.4) is 0 Å². The Bertz CT molecular complexity index is 600. The maximum absolute atomic E-state index is 12.0. The van der Waals surface area contributed by atoms with Crippen molar-refractivity contribution in [1.82, 2.24) is 5.32 Å². The molecule has 5 nitrogen and oxygen atoms in total. The highest BCUT2D eigenvalue weighted by atomic mass is 127. The summed E-state index contributed by atoms with van der Waals surface area (Å²) in [4.78, 5) is 12.0. The van der Waals surface area contributed by atoms with Gasteiger partial charge in [0.1, 0.15) is 5.75 Å². The van der Waals surface area contributed by atoms with Crippen LogP contribution in [0.2, 0.25) is 0 Å². The number of sulfone groups is 1. The molecule has 7 heteroatoms. The van der Waals surface area contributed by atoms with Crippen molar-refractivity contribution in [2.75, 3.05) is 11.5 Å². The fourth-order valence-electron chi connectivity index (χ4n) is 2.09. The van der Waals surface area contributed by atoms with Gasteiger partial charge in [0.25, 0.3) is 5.91 Å². The molecule has 1 aromatic rings. The summed E-state index contributed by atoms with van der Waals surface area (Å²) in [6, 6.07) is 4.35. The van der Waals surface area contributed by atoms with Crippen molar-refractivity contribution in [1.29, 1.82) is 0 Å². The number of phenolic OH excluding ortho intramolecular Hbond substituents is 1. The molecule has 1 fully saturated rings. The van der Waals surface area contributed by atoms with Crippen LogP contribution in [0.5, 0.6) is 5.75 Å². The van der Waals surface area contributed by atoms with E-state index in [9.17, 15) is 18.3 Å². The van der Waals surface area contributed by atoms with Gasteiger partial charge in [-0.05, 0) is 53.6 Å². The molecule has 1 aliphatic rings. The zero-order valence-electron chi connectivity index (χ0n) is 10.1. The topological polar surface area (TPSA) is 83.5 Å². The van der Waals surface area contributed by atoms with Crippen molar-refractivity contribution in [2.24, 2.45) is 0 Å². The van der Waals surface area contributed by atoms with E-state index >= 15 is 0 Å². The normalized spacial score (nSPS) is 21.8. The highest BCUT2D eigenvalue weighted by Crippen LogP contribution is 2.20. The second kappa shape index (κ2) is 5.66. The zero-order valence-corrected chi connectivity index (χ0v) is 13.1. The lowest BCUT2D eigenvalue weighted by Gasteiger charge is -2.23. The van der Waals surface area contributed by atoms with Crippen LogP contribution in [0.1, 0.15) is 23.2 Å². The van der Waals surface area contributed by atoms with Crippen molar-refractivity contribution < 1.29 is 18.3 Å².